The second kappa shape index (κ2) is 8.40. The van der Waals surface area contributed by atoms with Crippen molar-refractivity contribution in [3.05, 3.63) is 47.5 Å². The van der Waals surface area contributed by atoms with Crippen LogP contribution in [0.5, 0.6) is 0 Å². The Morgan fingerprint density at radius 3 is 1.25 bits per heavy atom. The van der Waals surface area contributed by atoms with E-state index in [2.05, 4.69) is 0 Å². The third-order valence-electron chi connectivity index (χ3n) is 3.72. The van der Waals surface area contributed by atoms with Crippen molar-refractivity contribution in [3.8, 4) is 0 Å². The molecule has 28 heavy (non-hydrogen) atoms. The third kappa shape index (κ3) is 5.47. The van der Waals surface area contributed by atoms with Crippen LogP contribution < -0.4 is 0 Å². The van der Waals surface area contributed by atoms with Gasteiger partial charge in [-0.1, -0.05) is 33.7 Å². The number of carbonyl (C=O) groups excluding carboxylic acids is 2. The average molecular weight is 459 g/mol. The van der Waals surface area contributed by atoms with E-state index in [-0.39, 0.29) is 32.5 Å². The topological polar surface area (TPSA) is 102 Å². The number of Topliss-reactive ketones (excluding diaryl/α,β-unsaturated/α-hetero) is 2. The van der Waals surface area contributed by atoms with E-state index in [0.717, 1.165) is 34.1 Å². The first-order valence-corrected chi connectivity index (χ1v) is 13.8. The van der Waals surface area contributed by atoms with E-state index < -0.39 is 19.7 Å². The molecular formula is C18H18O6S4. The number of hydrogen-bond acceptors (Lipinski definition) is 8. The molecule has 0 aliphatic carbocycles. The molecule has 0 heterocycles. The van der Waals surface area contributed by atoms with E-state index >= 15 is 0 Å². The van der Waals surface area contributed by atoms with E-state index in [1.807, 2.05) is 0 Å². The summed E-state index contributed by atoms with van der Waals surface area (Å²) < 4.78 is 48.5. The van der Waals surface area contributed by atoms with Crippen LogP contribution >= 0.6 is 21.6 Å². The van der Waals surface area contributed by atoms with Gasteiger partial charge in [0.1, 0.15) is 0 Å². The molecule has 0 atom stereocenters. The first-order valence-electron chi connectivity index (χ1n) is 7.85. The molecule has 2 aromatic carbocycles. The molecule has 6 nitrogen and oxygen atoms in total. The van der Waals surface area contributed by atoms with Crippen molar-refractivity contribution in [2.24, 2.45) is 0 Å². The Labute approximate surface area is 172 Å². The first kappa shape index (κ1) is 22.7. The standard InChI is InChI=1S/C18H18O6S4/c1-11(19)13-5-7-15(17(9-13)27(3,21)22)25-26-16-8-6-14(12(2)20)10-18(16)28(4,23)24/h5-10H,1-4H3. The van der Waals surface area contributed by atoms with Gasteiger partial charge in [-0.15, -0.1) is 0 Å². The van der Waals surface area contributed by atoms with Crippen molar-refractivity contribution in [1.29, 1.82) is 0 Å². The Bertz CT molecular complexity index is 1070. The second-order valence-electron chi connectivity index (χ2n) is 6.15. The fraction of sp³-hybridized carbons (Fsp3) is 0.222. The van der Waals surface area contributed by atoms with E-state index in [4.69, 9.17) is 0 Å². The zero-order valence-corrected chi connectivity index (χ0v) is 18.8. The number of rotatable bonds is 7. The van der Waals surface area contributed by atoms with Crippen LogP contribution in [-0.2, 0) is 19.7 Å². The van der Waals surface area contributed by atoms with Crippen LogP contribution in [0.1, 0.15) is 34.6 Å². The number of sulfone groups is 2. The summed E-state index contributed by atoms with van der Waals surface area (Å²) in [5.41, 5.74) is 0.551. The molecule has 0 aliphatic rings. The van der Waals surface area contributed by atoms with Gasteiger partial charge in [-0.2, -0.15) is 0 Å². The first-order chi connectivity index (χ1) is 12.8. The molecule has 2 rings (SSSR count). The Morgan fingerprint density at radius 1 is 0.679 bits per heavy atom. The third-order valence-corrected chi connectivity index (χ3v) is 8.73. The van der Waals surface area contributed by atoms with Gasteiger partial charge >= 0.3 is 0 Å². The molecule has 0 unspecified atom stereocenters. The lowest BCUT2D eigenvalue weighted by Gasteiger charge is -2.11. The van der Waals surface area contributed by atoms with Gasteiger partial charge in [0.05, 0.1) is 9.79 Å². The van der Waals surface area contributed by atoms with Gasteiger partial charge in [0.15, 0.2) is 31.2 Å². The number of carbonyl (C=O) groups is 2. The normalized spacial score (nSPS) is 12.0. The molecule has 0 aromatic heterocycles. The van der Waals surface area contributed by atoms with Crippen LogP contribution in [0, 0.1) is 0 Å². The average Bonchev–Trinajstić information content (AvgIpc) is 2.57. The minimum absolute atomic E-state index is 0.000961. The maximum absolute atomic E-state index is 12.1. The lowest BCUT2D eigenvalue weighted by Crippen LogP contribution is -2.03. The molecule has 0 saturated carbocycles. The Hall–Kier alpha value is -1.62. The summed E-state index contributed by atoms with van der Waals surface area (Å²) in [6.45, 7) is 2.69. The van der Waals surface area contributed by atoms with E-state index in [9.17, 15) is 26.4 Å². The smallest absolute Gasteiger partial charge is 0.176 e. The van der Waals surface area contributed by atoms with Crippen LogP contribution in [0.3, 0.4) is 0 Å². The Morgan fingerprint density at radius 2 is 1.00 bits per heavy atom. The SMILES string of the molecule is CC(=O)c1ccc(SSc2ccc(C(C)=O)cc2S(C)(=O)=O)c(S(C)(=O)=O)c1. The molecule has 2 aromatic rings. The molecule has 0 saturated heterocycles. The summed E-state index contributed by atoms with van der Waals surface area (Å²) >= 11 is 0. The summed E-state index contributed by atoms with van der Waals surface area (Å²) in [5.74, 6) is -0.512. The van der Waals surface area contributed by atoms with Crippen molar-refractivity contribution in [2.45, 2.75) is 33.4 Å². The predicted molar refractivity (Wildman–Crippen MR) is 111 cm³/mol. The molecule has 0 fully saturated rings. The number of hydrogen-bond donors (Lipinski definition) is 0. The summed E-state index contributed by atoms with van der Waals surface area (Å²) in [5, 5.41) is 0. The van der Waals surface area contributed by atoms with Gasteiger partial charge in [0, 0.05) is 33.4 Å². The van der Waals surface area contributed by atoms with Gasteiger partial charge in [0.25, 0.3) is 0 Å². The van der Waals surface area contributed by atoms with Gasteiger partial charge in [-0.05, 0) is 38.1 Å². The van der Waals surface area contributed by atoms with Gasteiger partial charge in [-0.3, -0.25) is 9.59 Å². The van der Waals surface area contributed by atoms with Gasteiger partial charge < -0.3 is 0 Å². The lowest BCUT2D eigenvalue weighted by molar-refractivity contribution is 0.100. The highest BCUT2D eigenvalue weighted by Gasteiger charge is 2.20. The van der Waals surface area contributed by atoms with E-state index in [1.54, 1.807) is 0 Å². The fourth-order valence-corrected chi connectivity index (χ4v) is 7.40. The summed E-state index contributed by atoms with van der Waals surface area (Å²) in [4.78, 5) is 23.9. The molecule has 0 spiro atoms. The van der Waals surface area contributed by atoms with Crippen molar-refractivity contribution in [1.82, 2.24) is 0 Å². The summed E-state index contributed by atoms with van der Waals surface area (Å²) in [6.07, 6.45) is 2.09. The fourth-order valence-electron chi connectivity index (χ4n) is 2.26. The molecule has 0 amide bonds. The maximum Gasteiger partial charge on any atom is 0.176 e. The van der Waals surface area contributed by atoms with E-state index in [0.29, 0.717) is 9.79 Å². The van der Waals surface area contributed by atoms with Gasteiger partial charge in [0.2, 0.25) is 0 Å². The quantitative estimate of drug-likeness (QED) is 0.457. The lowest BCUT2D eigenvalue weighted by atomic mass is 10.1. The van der Waals surface area contributed by atoms with Crippen LogP contribution in [0.2, 0.25) is 0 Å². The second-order valence-corrected chi connectivity index (χ2v) is 12.3. The summed E-state index contributed by atoms with van der Waals surface area (Å²) in [6, 6.07) is 8.73. The van der Waals surface area contributed by atoms with Crippen molar-refractivity contribution in [3.63, 3.8) is 0 Å². The highest BCUT2D eigenvalue weighted by atomic mass is 33.1. The molecule has 150 valence electrons. The highest BCUT2D eigenvalue weighted by Crippen LogP contribution is 2.43. The molecule has 10 heteroatoms. The molecular weight excluding hydrogens is 440 g/mol. The predicted octanol–water partition coefficient (Wildman–Crippen LogP) is 3.70. The number of benzene rings is 2. The number of ketones is 2. The van der Waals surface area contributed by atoms with Crippen LogP contribution in [-0.4, -0.2) is 40.9 Å². The maximum atomic E-state index is 12.1. The monoisotopic (exact) mass is 458 g/mol. The zero-order valence-electron chi connectivity index (χ0n) is 15.5. The van der Waals surface area contributed by atoms with Crippen molar-refractivity contribution < 1.29 is 26.4 Å². The Balaban J connectivity index is 2.47. The summed E-state index contributed by atoms with van der Waals surface area (Å²) in [7, 11) is -5.06. The highest BCUT2D eigenvalue weighted by molar-refractivity contribution is 8.76. The van der Waals surface area contributed by atoms with Crippen LogP contribution in [0.15, 0.2) is 56.0 Å². The molecule has 0 radical (unpaired) electrons. The zero-order chi connectivity index (χ0) is 21.3. The minimum atomic E-state index is -3.60. The van der Waals surface area contributed by atoms with Gasteiger partial charge in [-0.25, -0.2) is 16.8 Å². The van der Waals surface area contributed by atoms with Crippen LogP contribution in [0.4, 0.5) is 0 Å². The Kier molecular flexibility index (Phi) is 6.80. The molecule has 0 bridgehead atoms. The van der Waals surface area contributed by atoms with Crippen LogP contribution in [0.25, 0.3) is 0 Å². The largest absolute Gasteiger partial charge is 0.295 e. The van der Waals surface area contributed by atoms with Crippen molar-refractivity contribution >= 4 is 52.8 Å². The minimum Gasteiger partial charge on any atom is -0.295 e. The molecule has 0 aliphatic heterocycles. The molecule has 0 N–H and O–H groups in total. The van der Waals surface area contributed by atoms with Crippen molar-refractivity contribution in [2.75, 3.05) is 12.5 Å². The van der Waals surface area contributed by atoms with E-state index in [1.165, 1.54) is 50.2 Å².